The van der Waals surface area contributed by atoms with Gasteiger partial charge in [-0.25, -0.2) is 4.39 Å². The molecular formula is C12H15FN2S2. The van der Waals surface area contributed by atoms with Crippen molar-refractivity contribution in [2.75, 3.05) is 11.5 Å². The lowest BCUT2D eigenvalue weighted by Crippen LogP contribution is -2.08. The van der Waals surface area contributed by atoms with Crippen LogP contribution in [0.25, 0.3) is 11.0 Å². The third-order valence-corrected chi connectivity index (χ3v) is 4.11. The number of hydrogen-bond donors (Lipinski definition) is 1. The number of aromatic nitrogens is 2. The van der Waals surface area contributed by atoms with E-state index in [1.165, 1.54) is 12.1 Å². The highest BCUT2D eigenvalue weighted by atomic mass is 32.2. The molecule has 1 atom stereocenters. The molecular weight excluding hydrogens is 255 g/mol. The molecule has 0 aliphatic rings. The number of hydrogen-bond acceptors (Lipinski definition) is 2. The van der Waals surface area contributed by atoms with Crippen molar-refractivity contribution in [2.45, 2.75) is 19.9 Å². The lowest BCUT2D eigenvalue weighted by molar-refractivity contribution is 0.610. The minimum atomic E-state index is -0.226. The molecule has 1 N–H and O–H groups in total. The van der Waals surface area contributed by atoms with Gasteiger partial charge in [-0.2, -0.15) is 11.8 Å². The van der Waals surface area contributed by atoms with Crippen LogP contribution in [0.3, 0.4) is 0 Å². The van der Waals surface area contributed by atoms with Gasteiger partial charge in [0.15, 0.2) is 4.77 Å². The van der Waals surface area contributed by atoms with E-state index in [-0.39, 0.29) is 11.9 Å². The van der Waals surface area contributed by atoms with Gasteiger partial charge in [-0.15, -0.1) is 0 Å². The average molecular weight is 270 g/mol. The van der Waals surface area contributed by atoms with Crippen molar-refractivity contribution in [3.63, 3.8) is 0 Å². The highest BCUT2D eigenvalue weighted by molar-refractivity contribution is 7.99. The largest absolute Gasteiger partial charge is 0.331 e. The molecule has 0 bridgehead atoms. The van der Waals surface area contributed by atoms with Crippen molar-refractivity contribution >= 4 is 35.0 Å². The average Bonchev–Trinajstić information content (AvgIpc) is 2.61. The Hall–Kier alpha value is -0.810. The van der Waals surface area contributed by atoms with E-state index >= 15 is 0 Å². The third kappa shape index (κ3) is 2.55. The molecule has 1 aromatic carbocycles. The molecule has 2 aromatic rings. The van der Waals surface area contributed by atoms with E-state index in [0.717, 1.165) is 22.5 Å². The summed E-state index contributed by atoms with van der Waals surface area (Å²) < 4.78 is 15.9. The third-order valence-electron chi connectivity index (χ3n) is 2.68. The van der Waals surface area contributed by atoms with Crippen molar-refractivity contribution in [3.05, 3.63) is 28.8 Å². The van der Waals surface area contributed by atoms with E-state index in [0.29, 0.717) is 4.77 Å². The SMILES string of the molecule is CCSCC(C)n1c(=S)[nH]c2ccc(F)cc21. The fraction of sp³-hybridized carbons (Fsp3) is 0.417. The van der Waals surface area contributed by atoms with Gasteiger partial charge in [0, 0.05) is 11.8 Å². The second-order valence-electron chi connectivity index (χ2n) is 3.97. The van der Waals surface area contributed by atoms with Crippen LogP contribution < -0.4 is 0 Å². The van der Waals surface area contributed by atoms with Crippen molar-refractivity contribution in [1.29, 1.82) is 0 Å². The Morgan fingerprint density at radius 1 is 1.53 bits per heavy atom. The molecule has 17 heavy (non-hydrogen) atoms. The van der Waals surface area contributed by atoms with Gasteiger partial charge in [0.1, 0.15) is 5.82 Å². The van der Waals surface area contributed by atoms with Crippen LogP contribution in [0.5, 0.6) is 0 Å². The molecule has 1 heterocycles. The van der Waals surface area contributed by atoms with E-state index < -0.39 is 0 Å². The normalized spacial score (nSPS) is 13.1. The molecule has 1 unspecified atom stereocenters. The summed E-state index contributed by atoms with van der Waals surface area (Å²) in [6.45, 7) is 4.24. The van der Waals surface area contributed by atoms with Crippen LogP contribution in [0, 0.1) is 10.6 Å². The molecule has 0 fully saturated rings. The van der Waals surface area contributed by atoms with Crippen molar-refractivity contribution < 1.29 is 4.39 Å². The molecule has 2 rings (SSSR count). The van der Waals surface area contributed by atoms with Gasteiger partial charge in [0.2, 0.25) is 0 Å². The minimum absolute atomic E-state index is 0.226. The molecule has 0 saturated heterocycles. The summed E-state index contributed by atoms with van der Waals surface area (Å²) in [6, 6.07) is 4.98. The summed E-state index contributed by atoms with van der Waals surface area (Å²) in [6.07, 6.45) is 0. The Bertz CT molecular complexity index is 573. The maximum atomic E-state index is 13.3. The highest BCUT2D eigenvalue weighted by Gasteiger charge is 2.11. The van der Waals surface area contributed by atoms with Crippen molar-refractivity contribution in [2.24, 2.45) is 0 Å². The summed E-state index contributed by atoms with van der Waals surface area (Å²) in [7, 11) is 0. The molecule has 0 radical (unpaired) electrons. The first-order valence-corrected chi connectivity index (χ1v) is 7.17. The summed E-state index contributed by atoms with van der Waals surface area (Å²) in [4.78, 5) is 3.11. The smallest absolute Gasteiger partial charge is 0.178 e. The Morgan fingerprint density at radius 2 is 2.29 bits per heavy atom. The van der Waals surface area contributed by atoms with Crippen LogP contribution in [-0.2, 0) is 0 Å². The zero-order valence-electron chi connectivity index (χ0n) is 9.87. The van der Waals surface area contributed by atoms with E-state index in [1.54, 1.807) is 6.07 Å². The van der Waals surface area contributed by atoms with Crippen LogP contribution >= 0.6 is 24.0 Å². The number of H-pyrrole nitrogens is 1. The molecule has 5 heteroatoms. The lowest BCUT2D eigenvalue weighted by Gasteiger charge is -2.13. The van der Waals surface area contributed by atoms with E-state index in [1.807, 2.05) is 16.3 Å². The number of benzene rings is 1. The van der Waals surface area contributed by atoms with Gasteiger partial charge < -0.3 is 9.55 Å². The summed E-state index contributed by atoms with van der Waals surface area (Å²) >= 11 is 7.16. The van der Waals surface area contributed by atoms with Gasteiger partial charge >= 0.3 is 0 Å². The number of fused-ring (bicyclic) bond motifs is 1. The Labute approximate surface area is 109 Å². The fourth-order valence-corrected chi connectivity index (χ4v) is 3.01. The first-order valence-electron chi connectivity index (χ1n) is 5.61. The fourth-order valence-electron chi connectivity index (χ4n) is 1.90. The molecule has 0 aliphatic heterocycles. The number of halogens is 1. The van der Waals surface area contributed by atoms with Gasteiger partial charge in [-0.1, -0.05) is 6.92 Å². The molecule has 1 aromatic heterocycles. The van der Waals surface area contributed by atoms with Gasteiger partial charge in [0.05, 0.1) is 11.0 Å². The number of nitrogens with one attached hydrogen (secondary N) is 1. The number of aromatic amines is 1. The molecule has 0 amide bonds. The zero-order valence-corrected chi connectivity index (χ0v) is 11.5. The second kappa shape index (κ2) is 5.23. The summed E-state index contributed by atoms with van der Waals surface area (Å²) in [5.74, 6) is 1.83. The standard InChI is InChI=1S/C12H15FN2S2/c1-3-17-7-8(2)15-11-6-9(13)4-5-10(11)14-12(15)16/h4-6,8H,3,7H2,1-2H3,(H,14,16). The van der Waals surface area contributed by atoms with Crippen molar-refractivity contribution in [3.8, 4) is 0 Å². The maximum Gasteiger partial charge on any atom is 0.178 e. The number of thioether (sulfide) groups is 1. The van der Waals surface area contributed by atoms with Crippen LogP contribution in [0.15, 0.2) is 18.2 Å². The predicted molar refractivity (Wildman–Crippen MR) is 74.8 cm³/mol. The monoisotopic (exact) mass is 270 g/mol. The van der Waals surface area contributed by atoms with Gasteiger partial charge in [-0.3, -0.25) is 0 Å². The zero-order chi connectivity index (χ0) is 12.4. The molecule has 2 nitrogen and oxygen atoms in total. The molecule has 0 aliphatic carbocycles. The summed E-state index contributed by atoms with van der Waals surface area (Å²) in [5.41, 5.74) is 1.74. The topological polar surface area (TPSA) is 20.7 Å². The maximum absolute atomic E-state index is 13.3. The molecule has 92 valence electrons. The Kier molecular flexibility index (Phi) is 3.89. The van der Waals surface area contributed by atoms with Crippen LogP contribution in [0.1, 0.15) is 19.9 Å². The van der Waals surface area contributed by atoms with Gasteiger partial charge in [0.25, 0.3) is 0 Å². The summed E-state index contributed by atoms with van der Waals surface area (Å²) in [5, 5.41) is 0. The first kappa shape index (κ1) is 12.6. The number of imidazole rings is 1. The van der Waals surface area contributed by atoms with Crippen molar-refractivity contribution in [1.82, 2.24) is 9.55 Å². The quantitative estimate of drug-likeness (QED) is 0.842. The number of rotatable bonds is 4. The number of nitrogens with zero attached hydrogens (tertiary/aromatic N) is 1. The highest BCUT2D eigenvalue weighted by Crippen LogP contribution is 2.22. The van der Waals surface area contributed by atoms with E-state index in [2.05, 4.69) is 18.8 Å². The van der Waals surface area contributed by atoms with Gasteiger partial charge in [-0.05, 0) is 43.1 Å². The predicted octanol–water partition coefficient (Wildman–Crippen LogP) is 4.15. The Morgan fingerprint density at radius 3 is 3.00 bits per heavy atom. The van der Waals surface area contributed by atoms with Crippen LogP contribution in [-0.4, -0.2) is 21.1 Å². The minimum Gasteiger partial charge on any atom is -0.331 e. The van der Waals surface area contributed by atoms with Crippen LogP contribution in [0.2, 0.25) is 0 Å². The Balaban J connectivity index is 2.48. The van der Waals surface area contributed by atoms with Crippen LogP contribution in [0.4, 0.5) is 4.39 Å². The van der Waals surface area contributed by atoms with E-state index in [4.69, 9.17) is 12.2 Å². The van der Waals surface area contributed by atoms with E-state index in [9.17, 15) is 4.39 Å². The molecule has 0 saturated carbocycles. The first-order chi connectivity index (χ1) is 8.13. The lowest BCUT2D eigenvalue weighted by atomic mass is 10.3. The molecule has 0 spiro atoms. The second-order valence-corrected chi connectivity index (χ2v) is 5.68.